The summed E-state index contributed by atoms with van der Waals surface area (Å²) in [5.74, 6) is -0.120. The zero-order chi connectivity index (χ0) is 19.9. The highest BCUT2D eigenvalue weighted by Crippen LogP contribution is 2.41. The number of fused-ring (bicyclic) bond motifs is 1. The topological polar surface area (TPSA) is 50.1 Å². The summed E-state index contributed by atoms with van der Waals surface area (Å²) in [6, 6.07) is 10.3. The highest BCUT2D eigenvalue weighted by Gasteiger charge is 2.29. The molecule has 1 aromatic carbocycles. The van der Waals surface area contributed by atoms with Gasteiger partial charge in [-0.25, -0.2) is 4.79 Å². The molecule has 28 heavy (non-hydrogen) atoms. The highest BCUT2D eigenvalue weighted by molar-refractivity contribution is 6.06. The van der Waals surface area contributed by atoms with Crippen LogP contribution in [0, 0.1) is 17.2 Å². The zero-order valence-corrected chi connectivity index (χ0v) is 17.0. The molecule has 1 atom stereocenters. The van der Waals surface area contributed by atoms with E-state index in [0.717, 1.165) is 67.2 Å². The molecule has 3 nitrogen and oxygen atoms in total. The van der Waals surface area contributed by atoms with Crippen LogP contribution in [-0.4, -0.2) is 12.6 Å². The molecule has 2 aliphatic rings. The third kappa shape index (κ3) is 4.28. The first kappa shape index (κ1) is 20.1. The first-order valence-corrected chi connectivity index (χ1v) is 10.5. The molecule has 0 amide bonds. The molecule has 1 aromatic rings. The normalized spacial score (nSPS) is 18.0. The molecule has 0 N–H and O–H groups in total. The van der Waals surface area contributed by atoms with Crippen molar-refractivity contribution in [3.8, 4) is 6.07 Å². The monoisotopic (exact) mass is 375 g/mol. The van der Waals surface area contributed by atoms with E-state index < -0.39 is 5.97 Å². The fourth-order valence-electron chi connectivity index (χ4n) is 4.10. The number of rotatable bonds is 7. The number of allylic oxidation sites excluding steroid dienone is 5. The molecule has 0 spiro atoms. The van der Waals surface area contributed by atoms with E-state index in [0.29, 0.717) is 12.5 Å². The van der Waals surface area contributed by atoms with Gasteiger partial charge in [-0.2, -0.15) is 5.26 Å². The van der Waals surface area contributed by atoms with Crippen molar-refractivity contribution in [1.29, 1.82) is 5.26 Å². The summed E-state index contributed by atoms with van der Waals surface area (Å²) in [5.41, 5.74) is 5.46. The molecule has 0 bridgehead atoms. The average molecular weight is 376 g/mol. The number of esters is 1. The van der Waals surface area contributed by atoms with Crippen LogP contribution in [0.4, 0.5) is 0 Å². The van der Waals surface area contributed by atoms with Gasteiger partial charge in [0.25, 0.3) is 0 Å². The van der Waals surface area contributed by atoms with E-state index in [2.05, 4.69) is 38.1 Å². The van der Waals surface area contributed by atoms with Crippen LogP contribution in [0.3, 0.4) is 0 Å². The summed E-state index contributed by atoms with van der Waals surface area (Å²) in [5, 5.41) is 9.88. The first-order valence-electron chi connectivity index (χ1n) is 10.5. The van der Waals surface area contributed by atoms with Crippen molar-refractivity contribution in [1.82, 2.24) is 0 Å². The van der Waals surface area contributed by atoms with Crippen molar-refractivity contribution >= 4 is 11.5 Å². The Balaban J connectivity index is 1.93. The summed E-state index contributed by atoms with van der Waals surface area (Å²) < 4.78 is 5.63. The average Bonchev–Trinajstić information content (AvgIpc) is 2.73. The summed E-state index contributed by atoms with van der Waals surface area (Å²) in [6.07, 6.45) is 11.3. The lowest BCUT2D eigenvalue weighted by atomic mass is 9.76. The third-order valence-corrected chi connectivity index (χ3v) is 5.80. The van der Waals surface area contributed by atoms with Gasteiger partial charge in [-0.15, -0.1) is 0 Å². The van der Waals surface area contributed by atoms with E-state index in [4.69, 9.17) is 4.74 Å². The highest BCUT2D eigenvalue weighted by atomic mass is 16.5. The van der Waals surface area contributed by atoms with Crippen LogP contribution < -0.4 is 0 Å². The molecular formula is C25H29NO2. The summed E-state index contributed by atoms with van der Waals surface area (Å²) in [6.45, 7) is 4.68. The van der Waals surface area contributed by atoms with Crippen LogP contribution in [-0.2, 0) is 16.0 Å². The lowest BCUT2D eigenvalue weighted by Crippen LogP contribution is -2.18. The number of nitrogens with zero attached hydrogens (tertiary/aromatic N) is 1. The van der Waals surface area contributed by atoms with E-state index in [-0.39, 0.29) is 5.57 Å². The minimum atomic E-state index is -0.481. The second-order valence-corrected chi connectivity index (χ2v) is 7.66. The van der Waals surface area contributed by atoms with Crippen LogP contribution in [0.25, 0.3) is 5.57 Å². The predicted molar refractivity (Wildman–Crippen MR) is 112 cm³/mol. The largest absolute Gasteiger partial charge is 0.461 e. The quantitative estimate of drug-likeness (QED) is 0.337. The van der Waals surface area contributed by atoms with Gasteiger partial charge < -0.3 is 4.74 Å². The molecular weight excluding hydrogens is 346 g/mol. The second kappa shape index (κ2) is 9.55. The number of hydrogen-bond acceptors (Lipinski definition) is 3. The molecule has 2 aliphatic carbocycles. The maximum Gasteiger partial charge on any atom is 0.349 e. The molecule has 3 rings (SSSR count). The van der Waals surface area contributed by atoms with Gasteiger partial charge in [0.05, 0.1) is 6.61 Å². The number of carbonyl (C=O) groups excluding carboxylic acids is 1. The molecule has 0 aliphatic heterocycles. The molecule has 1 unspecified atom stereocenters. The number of benzene rings is 1. The van der Waals surface area contributed by atoms with Crippen molar-refractivity contribution in [2.75, 3.05) is 6.61 Å². The lowest BCUT2D eigenvalue weighted by Gasteiger charge is -2.27. The van der Waals surface area contributed by atoms with Crippen LogP contribution in [0.2, 0.25) is 0 Å². The molecule has 0 saturated heterocycles. The van der Waals surface area contributed by atoms with Gasteiger partial charge in [0, 0.05) is 5.57 Å². The number of ether oxygens (including phenoxy) is 1. The Morgan fingerprint density at radius 1 is 1.29 bits per heavy atom. The van der Waals surface area contributed by atoms with Crippen LogP contribution in [0.1, 0.15) is 63.5 Å². The molecule has 0 fully saturated rings. The smallest absolute Gasteiger partial charge is 0.349 e. The Morgan fingerprint density at radius 3 is 2.86 bits per heavy atom. The van der Waals surface area contributed by atoms with Gasteiger partial charge in [0.15, 0.2) is 0 Å². The fourth-order valence-corrected chi connectivity index (χ4v) is 4.10. The fraction of sp³-hybridized carbons (Fsp3) is 0.440. The number of hydrogen-bond donors (Lipinski definition) is 0. The van der Waals surface area contributed by atoms with Crippen LogP contribution >= 0.6 is 0 Å². The first-order chi connectivity index (χ1) is 13.7. The number of unbranched alkanes of at least 4 members (excludes halogenated alkanes) is 1. The second-order valence-electron chi connectivity index (χ2n) is 7.66. The van der Waals surface area contributed by atoms with Gasteiger partial charge in [-0.05, 0) is 53.9 Å². The summed E-state index contributed by atoms with van der Waals surface area (Å²) in [4.78, 5) is 12.9. The van der Waals surface area contributed by atoms with E-state index in [9.17, 15) is 10.1 Å². The maximum absolute atomic E-state index is 12.9. The van der Waals surface area contributed by atoms with Gasteiger partial charge >= 0.3 is 5.97 Å². The van der Waals surface area contributed by atoms with E-state index in [1.807, 2.05) is 18.2 Å². The Morgan fingerprint density at radius 2 is 2.11 bits per heavy atom. The standard InChI is InChI=1S/C25H29NO2/c1-3-5-10-18(4-2)17-28-25(27)23(16-26)24-21-13-8-6-11-19(21)15-20-12-7-9-14-22(20)24/h6-8,11-13,18H,3-5,9-10,14-15,17H2,1-2H3/b24-23+. The van der Waals surface area contributed by atoms with Gasteiger partial charge in [0.2, 0.25) is 0 Å². The molecule has 0 radical (unpaired) electrons. The number of carbonyl (C=O) groups is 1. The van der Waals surface area contributed by atoms with Gasteiger partial charge in [0.1, 0.15) is 11.6 Å². The van der Waals surface area contributed by atoms with E-state index in [1.54, 1.807) is 0 Å². The Labute approximate surface area is 168 Å². The summed E-state index contributed by atoms with van der Waals surface area (Å²) >= 11 is 0. The maximum atomic E-state index is 12.9. The predicted octanol–water partition coefficient (Wildman–Crippen LogP) is 5.93. The third-order valence-electron chi connectivity index (χ3n) is 5.80. The SMILES string of the molecule is CCCCC(CC)COC(=O)/C(C#N)=C1/C2=C(C=CCC2)Cc2ccccc21. The Kier molecular flexibility index (Phi) is 6.87. The van der Waals surface area contributed by atoms with Crippen molar-refractivity contribution in [2.45, 2.75) is 58.8 Å². The minimum absolute atomic E-state index is 0.153. The van der Waals surface area contributed by atoms with Crippen molar-refractivity contribution in [2.24, 2.45) is 5.92 Å². The molecule has 3 heteroatoms. The minimum Gasteiger partial charge on any atom is -0.461 e. The van der Waals surface area contributed by atoms with Crippen molar-refractivity contribution in [3.05, 3.63) is 64.3 Å². The van der Waals surface area contributed by atoms with Gasteiger partial charge in [-0.3, -0.25) is 0 Å². The molecule has 0 heterocycles. The van der Waals surface area contributed by atoms with E-state index in [1.165, 1.54) is 5.57 Å². The Hall–Kier alpha value is -2.60. The number of nitriles is 1. The van der Waals surface area contributed by atoms with Crippen molar-refractivity contribution in [3.63, 3.8) is 0 Å². The van der Waals surface area contributed by atoms with Crippen molar-refractivity contribution < 1.29 is 9.53 Å². The van der Waals surface area contributed by atoms with E-state index >= 15 is 0 Å². The Bertz CT molecular complexity index is 867. The summed E-state index contributed by atoms with van der Waals surface area (Å²) in [7, 11) is 0. The molecule has 0 aromatic heterocycles. The van der Waals surface area contributed by atoms with Crippen LogP contribution in [0.15, 0.2) is 53.1 Å². The molecule has 0 saturated carbocycles. The van der Waals surface area contributed by atoms with Crippen LogP contribution in [0.5, 0.6) is 0 Å². The lowest BCUT2D eigenvalue weighted by molar-refractivity contribution is -0.139. The zero-order valence-electron chi connectivity index (χ0n) is 17.0. The molecule has 146 valence electrons. The van der Waals surface area contributed by atoms with Gasteiger partial charge in [-0.1, -0.05) is 69.5 Å².